The number of nitrogens with two attached hydrogens (primary N) is 1. The van der Waals surface area contributed by atoms with Crippen molar-refractivity contribution in [3.8, 4) is 0 Å². The average Bonchev–Trinajstić information content (AvgIpc) is 2.30. The first-order valence-electron chi connectivity index (χ1n) is 6.39. The van der Waals surface area contributed by atoms with Crippen LogP contribution in [0.25, 0.3) is 0 Å². The minimum Gasteiger partial charge on any atom is -0.378 e. The van der Waals surface area contributed by atoms with Crippen LogP contribution in [0.15, 0.2) is 0 Å². The molecule has 0 radical (unpaired) electrons. The second kappa shape index (κ2) is 9.09. The smallest absolute Gasteiger partial charge is 0.214 e. The molecule has 5 nitrogen and oxygen atoms in total. The highest BCUT2D eigenvalue weighted by Crippen LogP contribution is 2.17. The van der Waals surface area contributed by atoms with Crippen molar-refractivity contribution in [1.29, 1.82) is 0 Å². The van der Waals surface area contributed by atoms with Crippen molar-refractivity contribution >= 4 is 22.4 Å². The quantitative estimate of drug-likeness (QED) is 0.711. The van der Waals surface area contributed by atoms with Gasteiger partial charge in [0.1, 0.15) is 0 Å². The van der Waals surface area contributed by atoms with Crippen molar-refractivity contribution in [2.75, 3.05) is 32.0 Å². The van der Waals surface area contributed by atoms with E-state index in [0.717, 1.165) is 19.3 Å². The number of halogens is 1. The summed E-state index contributed by atoms with van der Waals surface area (Å²) in [6.45, 7) is 4.40. The van der Waals surface area contributed by atoms with Gasteiger partial charge in [-0.2, -0.15) is 0 Å². The molecule has 1 heterocycles. The average molecular weight is 301 g/mol. The van der Waals surface area contributed by atoms with Crippen molar-refractivity contribution in [3.63, 3.8) is 0 Å². The summed E-state index contributed by atoms with van der Waals surface area (Å²) in [5.41, 5.74) is 5.39. The van der Waals surface area contributed by atoms with E-state index >= 15 is 0 Å². The Hall–Kier alpha value is 0.120. The van der Waals surface area contributed by atoms with Crippen LogP contribution in [-0.2, 0) is 14.8 Å². The lowest BCUT2D eigenvalue weighted by molar-refractivity contribution is 0.0209. The maximum absolute atomic E-state index is 11.8. The van der Waals surface area contributed by atoms with Gasteiger partial charge in [0, 0.05) is 19.7 Å². The number of piperidine rings is 1. The van der Waals surface area contributed by atoms with Crippen LogP contribution in [0, 0.1) is 0 Å². The first kappa shape index (κ1) is 18.1. The van der Waals surface area contributed by atoms with E-state index < -0.39 is 10.0 Å². The molecule has 1 fully saturated rings. The van der Waals surface area contributed by atoms with Crippen molar-refractivity contribution in [2.24, 2.45) is 5.73 Å². The fraction of sp³-hybridized carbons (Fsp3) is 1.00. The molecule has 18 heavy (non-hydrogen) atoms. The molecule has 110 valence electrons. The first-order valence-corrected chi connectivity index (χ1v) is 8.00. The number of hydrogen-bond donors (Lipinski definition) is 1. The van der Waals surface area contributed by atoms with Crippen LogP contribution >= 0.6 is 12.4 Å². The number of rotatable bonds is 7. The molecule has 7 heteroatoms. The topological polar surface area (TPSA) is 72.6 Å². The molecule has 0 amide bonds. The Morgan fingerprint density at radius 2 is 1.94 bits per heavy atom. The van der Waals surface area contributed by atoms with E-state index in [1.165, 1.54) is 0 Å². The van der Waals surface area contributed by atoms with Crippen molar-refractivity contribution in [2.45, 2.75) is 38.7 Å². The number of nitrogens with zero attached hydrogens (tertiary/aromatic N) is 1. The van der Waals surface area contributed by atoms with Crippen molar-refractivity contribution < 1.29 is 13.2 Å². The SMILES string of the molecule is CCCS(=O)(=O)N1CCC(OCCCN)CC1.Cl. The maximum Gasteiger partial charge on any atom is 0.214 e. The Morgan fingerprint density at radius 3 is 2.44 bits per heavy atom. The van der Waals surface area contributed by atoms with Crippen LogP contribution < -0.4 is 5.73 Å². The van der Waals surface area contributed by atoms with Crippen LogP contribution in [-0.4, -0.2) is 50.8 Å². The van der Waals surface area contributed by atoms with Gasteiger partial charge in [-0.25, -0.2) is 12.7 Å². The van der Waals surface area contributed by atoms with Gasteiger partial charge in [-0.1, -0.05) is 6.92 Å². The van der Waals surface area contributed by atoms with Gasteiger partial charge in [0.05, 0.1) is 11.9 Å². The lowest BCUT2D eigenvalue weighted by atomic mass is 10.1. The third-order valence-electron chi connectivity index (χ3n) is 2.96. The Bertz CT molecular complexity index is 303. The van der Waals surface area contributed by atoms with E-state index in [4.69, 9.17) is 10.5 Å². The highest BCUT2D eigenvalue weighted by atomic mass is 35.5. The molecule has 1 saturated heterocycles. The Kier molecular flexibility index (Phi) is 9.15. The Morgan fingerprint density at radius 1 is 1.33 bits per heavy atom. The van der Waals surface area contributed by atoms with Crippen molar-refractivity contribution in [1.82, 2.24) is 4.31 Å². The molecule has 1 aliphatic rings. The lowest BCUT2D eigenvalue weighted by Gasteiger charge is -2.31. The molecule has 0 aliphatic carbocycles. The fourth-order valence-electron chi connectivity index (χ4n) is 2.00. The molecule has 0 unspecified atom stereocenters. The van der Waals surface area contributed by atoms with Gasteiger partial charge in [-0.3, -0.25) is 0 Å². The van der Waals surface area contributed by atoms with Crippen LogP contribution in [0.2, 0.25) is 0 Å². The zero-order valence-corrected chi connectivity index (χ0v) is 12.6. The number of ether oxygens (including phenoxy) is 1. The van der Waals surface area contributed by atoms with Crippen LogP contribution in [0.5, 0.6) is 0 Å². The number of sulfonamides is 1. The standard InChI is InChI=1S/C11H24N2O3S.ClH/c1-2-10-17(14,15)13-7-4-11(5-8-13)16-9-3-6-12;/h11H,2-10,12H2,1H3;1H. The molecule has 2 N–H and O–H groups in total. The van der Waals surface area contributed by atoms with Gasteiger partial charge in [0.25, 0.3) is 0 Å². The van der Waals surface area contributed by atoms with Crippen LogP contribution in [0.4, 0.5) is 0 Å². The maximum atomic E-state index is 11.8. The van der Waals surface area contributed by atoms with E-state index in [1.807, 2.05) is 6.92 Å². The van der Waals surface area contributed by atoms with Gasteiger partial charge < -0.3 is 10.5 Å². The van der Waals surface area contributed by atoms with Gasteiger partial charge >= 0.3 is 0 Å². The minimum atomic E-state index is -3.02. The summed E-state index contributed by atoms with van der Waals surface area (Å²) >= 11 is 0. The molecule has 0 saturated carbocycles. The Balaban J connectivity index is 0.00000289. The predicted molar refractivity (Wildman–Crippen MR) is 75.5 cm³/mol. The zero-order chi connectivity index (χ0) is 12.7. The summed E-state index contributed by atoms with van der Waals surface area (Å²) in [5.74, 6) is 0.256. The first-order chi connectivity index (χ1) is 8.10. The van der Waals surface area contributed by atoms with E-state index in [1.54, 1.807) is 4.31 Å². The molecule has 0 spiro atoms. The number of hydrogen-bond acceptors (Lipinski definition) is 4. The second-order valence-corrected chi connectivity index (χ2v) is 6.52. The van der Waals surface area contributed by atoms with E-state index in [-0.39, 0.29) is 24.3 Å². The lowest BCUT2D eigenvalue weighted by Crippen LogP contribution is -2.41. The largest absolute Gasteiger partial charge is 0.378 e. The van der Waals surface area contributed by atoms with E-state index in [9.17, 15) is 8.42 Å². The summed E-state index contributed by atoms with van der Waals surface area (Å²) < 4.78 is 30.9. The summed E-state index contributed by atoms with van der Waals surface area (Å²) in [5, 5.41) is 0. The van der Waals surface area contributed by atoms with Gasteiger partial charge in [-0.15, -0.1) is 12.4 Å². The summed E-state index contributed by atoms with van der Waals surface area (Å²) in [6.07, 6.45) is 3.35. The molecular formula is C11H25ClN2O3S. The molecule has 0 aromatic carbocycles. The van der Waals surface area contributed by atoms with E-state index in [0.29, 0.717) is 32.7 Å². The van der Waals surface area contributed by atoms with Gasteiger partial charge in [-0.05, 0) is 32.2 Å². The molecule has 0 atom stereocenters. The monoisotopic (exact) mass is 300 g/mol. The summed E-state index contributed by atoms with van der Waals surface area (Å²) in [4.78, 5) is 0. The third-order valence-corrected chi connectivity index (χ3v) is 5.03. The van der Waals surface area contributed by atoms with Crippen molar-refractivity contribution in [3.05, 3.63) is 0 Å². The molecule has 1 rings (SSSR count). The summed E-state index contributed by atoms with van der Waals surface area (Å²) in [7, 11) is -3.02. The van der Waals surface area contributed by atoms with Gasteiger partial charge in [0.15, 0.2) is 0 Å². The molecule has 1 aliphatic heterocycles. The third kappa shape index (κ3) is 5.84. The fourth-order valence-corrected chi connectivity index (χ4v) is 3.54. The normalized spacial score (nSPS) is 18.6. The molecule has 0 aromatic rings. The highest BCUT2D eigenvalue weighted by molar-refractivity contribution is 7.89. The molecule has 0 bridgehead atoms. The Labute approximate surface area is 117 Å². The predicted octanol–water partition coefficient (Wildman–Crippen LogP) is 0.978. The molecular weight excluding hydrogens is 276 g/mol. The molecule has 0 aromatic heterocycles. The van der Waals surface area contributed by atoms with Crippen LogP contribution in [0.3, 0.4) is 0 Å². The van der Waals surface area contributed by atoms with E-state index in [2.05, 4.69) is 0 Å². The minimum absolute atomic E-state index is 0. The second-order valence-electron chi connectivity index (χ2n) is 4.43. The van der Waals surface area contributed by atoms with Gasteiger partial charge in [0.2, 0.25) is 10.0 Å². The highest BCUT2D eigenvalue weighted by Gasteiger charge is 2.27. The summed E-state index contributed by atoms with van der Waals surface area (Å²) in [6, 6.07) is 0. The zero-order valence-electron chi connectivity index (χ0n) is 11.0. The van der Waals surface area contributed by atoms with Crippen LogP contribution in [0.1, 0.15) is 32.6 Å².